The first-order valence-corrected chi connectivity index (χ1v) is 10.8. The molecule has 0 saturated carbocycles. The Morgan fingerprint density at radius 3 is 2.78 bits per heavy atom. The molecule has 2 aromatic heterocycles. The van der Waals surface area contributed by atoms with Crippen molar-refractivity contribution in [1.29, 1.82) is 0 Å². The lowest BCUT2D eigenvalue weighted by Gasteiger charge is -2.33. The normalized spacial score (nSPS) is 16.8. The fraction of sp³-hybridized carbons (Fsp3) is 0.417. The van der Waals surface area contributed by atoms with Gasteiger partial charge in [0.05, 0.1) is 26.0 Å². The highest BCUT2D eigenvalue weighted by molar-refractivity contribution is 5.52. The van der Waals surface area contributed by atoms with Gasteiger partial charge in [0.25, 0.3) is 0 Å². The number of hydrogen-bond acceptors (Lipinski definition) is 7. The van der Waals surface area contributed by atoms with Crippen molar-refractivity contribution < 1.29 is 14.2 Å². The number of methoxy groups -OCH3 is 2. The van der Waals surface area contributed by atoms with Gasteiger partial charge < -0.3 is 19.5 Å². The predicted molar refractivity (Wildman–Crippen MR) is 123 cm³/mol. The lowest BCUT2D eigenvalue weighted by molar-refractivity contribution is -0.0351. The zero-order chi connectivity index (χ0) is 22.5. The second-order valence-corrected chi connectivity index (χ2v) is 8.04. The van der Waals surface area contributed by atoms with Crippen LogP contribution >= 0.6 is 0 Å². The van der Waals surface area contributed by atoms with E-state index < -0.39 is 0 Å². The van der Waals surface area contributed by atoms with Gasteiger partial charge in [-0.3, -0.25) is 9.58 Å². The van der Waals surface area contributed by atoms with Gasteiger partial charge >= 0.3 is 0 Å². The molecule has 32 heavy (non-hydrogen) atoms. The van der Waals surface area contributed by atoms with Crippen LogP contribution in [0.3, 0.4) is 0 Å². The summed E-state index contributed by atoms with van der Waals surface area (Å²) in [5.41, 5.74) is 4.28. The third kappa shape index (κ3) is 5.27. The molecule has 0 unspecified atom stereocenters. The number of anilines is 2. The Labute approximate surface area is 189 Å². The minimum absolute atomic E-state index is 0.0934. The van der Waals surface area contributed by atoms with Crippen LogP contribution in [-0.2, 0) is 29.7 Å². The summed E-state index contributed by atoms with van der Waals surface area (Å²) in [6.07, 6.45) is -0.0934. The van der Waals surface area contributed by atoms with Crippen LogP contribution < -0.4 is 10.1 Å². The van der Waals surface area contributed by atoms with Gasteiger partial charge in [-0.05, 0) is 36.8 Å². The first-order chi connectivity index (χ1) is 15.6. The van der Waals surface area contributed by atoms with Crippen LogP contribution in [0.15, 0.2) is 42.5 Å². The van der Waals surface area contributed by atoms with Crippen LogP contribution in [0, 0.1) is 6.92 Å². The third-order valence-electron chi connectivity index (χ3n) is 5.67. The molecule has 4 rings (SSSR count). The summed E-state index contributed by atoms with van der Waals surface area (Å²) in [5.74, 6) is 2.43. The predicted octanol–water partition coefficient (Wildman–Crippen LogP) is 3.60. The summed E-state index contributed by atoms with van der Waals surface area (Å²) in [5, 5.41) is 7.74. The average Bonchev–Trinajstić information content (AvgIpc) is 3.11. The Bertz CT molecular complexity index is 1030. The smallest absolute Gasteiger partial charge is 0.153 e. The minimum atomic E-state index is -0.0934. The van der Waals surface area contributed by atoms with Crippen LogP contribution in [0.4, 0.5) is 11.6 Å². The second kappa shape index (κ2) is 10.1. The molecular formula is C24H31N5O3. The van der Waals surface area contributed by atoms with Crippen LogP contribution in [0.5, 0.6) is 5.75 Å². The van der Waals surface area contributed by atoms with E-state index in [2.05, 4.69) is 21.4 Å². The number of benzene rings is 1. The lowest BCUT2D eigenvalue weighted by atomic mass is 10.1. The van der Waals surface area contributed by atoms with E-state index in [4.69, 9.17) is 19.2 Å². The maximum atomic E-state index is 6.08. The Balaban J connectivity index is 1.46. The van der Waals surface area contributed by atoms with Crippen molar-refractivity contribution in [1.82, 2.24) is 19.7 Å². The van der Waals surface area contributed by atoms with Crippen molar-refractivity contribution in [2.24, 2.45) is 7.05 Å². The standard InChI is InChI=1S/C24H31N5O3/c1-17-12-24(27-28(17)2)26-23-7-5-6-20(25-23)22-15-29(10-11-32-22)14-19-13-18(16-30-3)8-9-21(19)31-4/h5-9,12-13,22H,10-11,14-16H2,1-4H3,(H,25,26,27)/t22-/m0/s1. The SMILES string of the molecule is COCc1ccc(OC)c(CN2CCO[C@H](c3cccc(Nc4cc(C)n(C)n4)n3)C2)c1. The third-order valence-corrected chi connectivity index (χ3v) is 5.67. The molecule has 8 nitrogen and oxygen atoms in total. The van der Waals surface area contributed by atoms with E-state index >= 15 is 0 Å². The van der Waals surface area contributed by atoms with E-state index in [9.17, 15) is 0 Å². The van der Waals surface area contributed by atoms with Gasteiger partial charge in [-0.15, -0.1) is 0 Å². The van der Waals surface area contributed by atoms with E-state index in [1.807, 2.05) is 55.1 Å². The molecule has 1 atom stereocenters. The zero-order valence-electron chi connectivity index (χ0n) is 19.2. The topological polar surface area (TPSA) is 73.7 Å². The first kappa shape index (κ1) is 22.3. The van der Waals surface area contributed by atoms with Crippen molar-refractivity contribution in [3.63, 3.8) is 0 Å². The average molecular weight is 438 g/mol. The molecule has 0 amide bonds. The van der Waals surface area contributed by atoms with Gasteiger partial charge in [-0.2, -0.15) is 5.10 Å². The summed E-state index contributed by atoms with van der Waals surface area (Å²) in [4.78, 5) is 7.17. The Morgan fingerprint density at radius 1 is 1.16 bits per heavy atom. The highest BCUT2D eigenvalue weighted by atomic mass is 16.5. The number of rotatable bonds is 8. The van der Waals surface area contributed by atoms with E-state index in [-0.39, 0.29) is 6.10 Å². The van der Waals surface area contributed by atoms with Crippen LogP contribution in [0.25, 0.3) is 0 Å². The number of aromatic nitrogens is 3. The minimum Gasteiger partial charge on any atom is -0.496 e. The number of nitrogens with zero attached hydrogens (tertiary/aromatic N) is 4. The van der Waals surface area contributed by atoms with Crippen LogP contribution in [-0.4, -0.2) is 53.6 Å². The van der Waals surface area contributed by atoms with Gasteiger partial charge in [0.1, 0.15) is 17.7 Å². The number of hydrogen-bond donors (Lipinski definition) is 1. The molecule has 170 valence electrons. The second-order valence-electron chi connectivity index (χ2n) is 8.04. The highest BCUT2D eigenvalue weighted by Gasteiger charge is 2.24. The maximum Gasteiger partial charge on any atom is 0.153 e. The molecule has 1 fully saturated rings. The first-order valence-electron chi connectivity index (χ1n) is 10.8. The summed E-state index contributed by atoms with van der Waals surface area (Å²) in [6.45, 7) is 5.67. The van der Waals surface area contributed by atoms with Gasteiger partial charge in [-0.25, -0.2) is 4.98 Å². The monoisotopic (exact) mass is 437 g/mol. The number of morpholine rings is 1. The summed E-state index contributed by atoms with van der Waals surface area (Å²) in [6, 6.07) is 14.2. The van der Waals surface area contributed by atoms with Crippen molar-refractivity contribution in [2.45, 2.75) is 26.2 Å². The molecule has 1 saturated heterocycles. The summed E-state index contributed by atoms with van der Waals surface area (Å²) >= 11 is 0. The molecule has 0 radical (unpaired) electrons. The number of nitrogens with one attached hydrogen (secondary N) is 1. The highest BCUT2D eigenvalue weighted by Crippen LogP contribution is 2.27. The summed E-state index contributed by atoms with van der Waals surface area (Å²) in [7, 11) is 5.35. The van der Waals surface area contributed by atoms with Crippen molar-refractivity contribution in [3.8, 4) is 5.75 Å². The van der Waals surface area contributed by atoms with Gasteiger partial charge in [0.15, 0.2) is 5.82 Å². The summed E-state index contributed by atoms with van der Waals surface area (Å²) < 4.78 is 18.8. The quantitative estimate of drug-likeness (QED) is 0.577. The van der Waals surface area contributed by atoms with Crippen molar-refractivity contribution >= 4 is 11.6 Å². The van der Waals surface area contributed by atoms with Gasteiger partial charge in [-0.1, -0.05) is 12.1 Å². The molecule has 3 aromatic rings. The zero-order valence-corrected chi connectivity index (χ0v) is 19.2. The van der Waals surface area contributed by atoms with Gasteiger partial charge in [0, 0.05) is 51.1 Å². The number of pyridine rings is 1. The van der Waals surface area contributed by atoms with E-state index in [0.717, 1.165) is 59.5 Å². The largest absolute Gasteiger partial charge is 0.496 e. The fourth-order valence-electron chi connectivity index (χ4n) is 3.93. The Morgan fingerprint density at radius 2 is 2.03 bits per heavy atom. The Kier molecular flexibility index (Phi) is 7.04. The maximum absolute atomic E-state index is 6.08. The van der Waals surface area contributed by atoms with Crippen molar-refractivity contribution in [2.75, 3.05) is 39.2 Å². The van der Waals surface area contributed by atoms with E-state index in [1.54, 1.807) is 14.2 Å². The van der Waals surface area contributed by atoms with E-state index in [0.29, 0.717) is 13.2 Å². The number of aryl methyl sites for hydroxylation is 2. The molecule has 0 spiro atoms. The molecule has 3 heterocycles. The number of ether oxygens (including phenoxy) is 3. The molecule has 0 bridgehead atoms. The molecule has 1 aromatic carbocycles. The Hall–Kier alpha value is -2.94. The van der Waals surface area contributed by atoms with Gasteiger partial charge in [0.2, 0.25) is 0 Å². The van der Waals surface area contributed by atoms with Crippen molar-refractivity contribution in [3.05, 3.63) is 65.0 Å². The molecule has 1 aliphatic heterocycles. The molecule has 0 aliphatic carbocycles. The molecule has 1 N–H and O–H groups in total. The van der Waals surface area contributed by atoms with E-state index in [1.165, 1.54) is 0 Å². The van der Waals surface area contributed by atoms with Crippen LogP contribution in [0.1, 0.15) is 28.6 Å². The van der Waals surface area contributed by atoms with Crippen LogP contribution in [0.2, 0.25) is 0 Å². The molecule has 1 aliphatic rings. The fourth-order valence-corrected chi connectivity index (χ4v) is 3.93. The molecule has 8 heteroatoms. The molecular weight excluding hydrogens is 406 g/mol. The lowest BCUT2D eigenvalue weighted by Crippen LogP contribution is -2.38.